The van der Waals surface area contributed by atoms with Crippen molar-refractivity contribution in [1.82, 2.24) is 0 Å². The lowest BCUT2D eigenvalue weighted by Gasteiger charge is -2.11. The van der Waals surface area contributed by atoms with E-state index in [-0.39, 0.29) is 0 Å². The van der Waals surface area contributed by atoms with Gasteiger partial charge in [0.25, 0.3) is 0 Å². The molecule has 1 N–H and O–H groups in total. The lowest BCUT2D eigenvalue weighted by Crippen LogP contribution is -1.93. The number of anilines is 2. The van der Waals surface area contributed by atoms with Gasteiger partial charge in [0.2, 0.25) is 0 Å². The Bertz CT molecular complexity index is 605. The Labute approximate surface area is 116 Å². The largest absolute Gasteiger partial charge is 0.353 e. The molecule has 0 aliphatic rings. The van der Waals surface area contributed by atoms with E-state index >= 15 is 0 Å². The molecule has 90 valence electrons. The summed E-state index contributed by atoms with van der Waals surface area (Å²) >= 11 is 7.80. The Hall–Kier alpha value is -1.63. The predicted molar refractivity (Wildman–Crippen MR) is 77.7 cm³/mol. The molecular formula is C14H11ClN2S. The van der Waals surface area contributed by atoms with Gasteiger partial charge in [0.15, 0.2) is 0 Å². The Balaban J connectivity index is 2.32. The zero-order chi connectivity index (χ0) is 13.0. The van der Waals surface area contributed by atoms with E-state index < -0.39 is 0 Å². The monoisotopic (exact) mass is 274 g/mol. The van der Waals surface area contributed by atoms with E-state index in [1.165, 1.54) is 0 Å². The van der Waals surface area contributed by atoms with Crippen LogP contribution in [0.3, 0.4) is 0 Å². The second-order valence-electron chi connectivity index (χ2n) is 3.63. The van der Waals surface area contributed by atoms with Crippen molar-refractivity contribution in [2.75, 3.05) is 11.6 Å². The van der Waals surface area contributed by atoms with Crippen molar-refractivity contribution in [3.63, 3.8) is 0 Å². The van der Waals surface area contributed by atoms with Crippen LogP contribution in [0.25, 0.3) is 0 Å². The number of para-hydroxylation sites is 1. The van der Waals surface area contributed by atoms with Crippen molar-refractivity contribution < 1.29 is 0 Å². The third-order valence-corrected chi connectivity index (χ3v) is 3.58. The van der Waals surface area contributed by atoms with Crippen LogP contribution in [0.5, 0.6) is 0 Å². The van der Waals surface area contributed by atoms with Gasteiger partial charge in [-0.05, 0) is 36.6 Å². The highest BCUT2D eigenvalue weighted by Crippen LogP contribution is 2.31. The van der Waals surface area contributed by atoms with Crippen molar-refractivity contribution >= 4 is 34.7 Å². The Morgan fingerprint density at radius 3 is 2.61 bits per heavy atom. The van der Waals surface area contributed by atoms with Crippen LogP contribution in [0.2, 0.25) is 5.02 Å². The molecule has 0 unspecified atom stereocenters. The highest BCUT2D eigenvalue weighted by atomic mass is 35.5. The van der Waals surface area contributed by atoms with Gasteiger partial charge in [-0.15, -0.1) is 11.8 Å². The first-order chi connectivity index (χ1) is 8.74. The lowest BCUT2D eigenvalue weighted by atomic mass is 10.2. The molecule has 0 radical (unpaired) electrons. The number of nitrogens with one attached hydrogen (secondary N) is 1. The summed E-state index contributed by atoms with van der Waals surface area (Å²) in [6.07, 6.45) is 2.03. The molecule has 4 heteroatoms. The minimum absolute atomic E-state index is 0.546. The number of thioether (sulfide) groups is 1. The molecule has 0 aromatic heterocycles. The second kappa shape index (κ2) is 5.81. The topological polar surface area (TPSA) is 35.8 Å². The average molecular weight is 275 g/mol. The maximum absolute atomic E-state index is 8.79. The molecule has 18 heavy (non-hydrogen) atoms. The summed E-state index contributed by atoms with van der Waals surface area (Å²) in [6.45, 7) is 0. The van der Waals surface area contributed by atoms with Crippen molar-refractivity contribution in [1.29, 1.82) is 5.26 Å². The molecule has 0 spiro atoms. The molecule has 2 aromatic carbocycles. The molecule has 0 bridgehead atoms. The SMILES string of the molecule is CSc1ccccc1Nc1ccc(C#N)cc1Cl. The standard InChI is InChI=1S/C14H11ClN2S/c1-18-14-5-3-2-4-13(14)17-12-7-6-10(9-16)8-11(12)15/h2-8,17H,1H3. The fourth-order valence-electron chi connectivity index (χ4n) is 1.58. The van der Waals surface area contributed by atoms with E-state index in [1.807, 2.05) is 36.6 Å². The van der Waals surface area contributed by atoms with Crippen molar-refractivity contribution in [2.24, 2.45) is 0 Å². The van der Waals surface area contributed by atoms with Crippen LogP contribution in [0.15, 0.2) is 47.4 Å². The number of hydrogen-bond acceptors (Lipinski definition) is 3. The van der Waals surface area contributed by atoms with Gasteiger partial charge in [0.1, 0.15) is 0 Å². The molecule has 0 aliphatic heterocycles. The fraction of sp³-hybridized carbons (Fsp3) is 0.0714. The zero-order valence-electron chi connectivity index (χ0n) is 9.77. The molecule has 0 heterocycles. The molecule has 0 amide bonds. The number of benzene rings is 2. The van der Waals surface area contributed by atoms with Crippen molar-refractivity contribution in [2.45, 2.75) is 4.90 Å². The number of hydrogen-bond donors (Lipinski definition) is 1. The van der Waals surface area contributed by atoms with Crippen molar-refractivity contribution in [3.8, 4) is 6.07 Å². The first-order valence-electron chi connectivity index (χ1n) is 5.34. The molecule has 2 rings (SSSR count). The third-order valence-electron chi connectivity index (χ3n) is 2.47. The zero-order valence-corrected chi connectivity index (χ0v) is 11.3. The number of nitrogens with zero attached hydrogens (tertiary/aromatic N) is 1. The van der Waals surface area contributed by atoms with Gasteiger partial charge < -0.3 is 5.32 Å². The molecule has 0 atom stereocenters. The molecular weight excluding hydrogens is 264 g/mol. The van der Waals surface area contributed by atoms with Gasteiger partial charge in [0.05, 0.1) is 28.0 Å². The smallest absolute Gasteiger partial charge is 0.0992 e. The van der Waals surface area contributed by atoms with Gasteiger partial charge in [-0.1, -0.05) is 23.7 Å². The highest BCUT2D eigenvalue weighted by Gasteiger charge is 2.05. The van der Waals surface area contributed by atoms with Crippen molar-refractivity contribution in [3.05, 3.63) is 53.1 Å². The number of rotatable bonds is 3. The summed E-state index contributed by atoms with van der Waals surface area (Å²) < 4.78 is 0. The normalized spacial score (nSPS) is 9.83. The number of halogens is 1. The molecule has 0 fully saturated rings. The van der Waals surface area contributed by atoms with Crippen LogP contribution >= 0.6 is 23.4 Å². The van der Waals surface area contributed by atoms with E-state index in [4.69, 9.17) is 16.9 Å². The summed E-state index contributed by atoms with van der Waals surface area (Å²) in [5, 5.41) is 12.6. The van der Waals surface area contributed by atoms with Crippen LogP contribution in [0.1, 0.15) is 5.56 Å². The van der Waals surface area contributed by atoms with Gasteiger partial charge in [-0.3, -0.25) is 0 Å². The van der Waals surface area contributed by atoms with Crippen LogP contribution in [-0.4, -0.2) is 6.26 Å². The quantitative estimate of drug-likeness (QED) is 0.826. The van der Waals surface area contributed by atoms with E-state index in [1.54, 1.807) is 23.9 Å². The minimum atomic E-state index is 0.546. The lowest BCUT2D eigenvalue weighted by molar-refractivity contribution is 1.41. The Kier molecular flexibility index (Phi) is 4.14. The Morgan fingerprint density at radius 1 is 1.17 bits per heavy atom. The predicted octanol–water partition coefficient (Wildman–Crippen LogP) is 4.68. The molecule has 0 saturated carbocycles. The van der Waals surface area contributed by atoms with E-state index in [0.29, 0.717) is 10.6 Å². The van der Waals surface area contributed by atoms with Crippen LogP contribution in [0, 0.1) is 11.3 Å². The summed E-state index contributed by atoms with van der Waals surface area (Å²) in [5.74, 6) is 0. The van der Waals surface area contributed by atoms with Gasteiger partial charge in [0, 0.05) is 4.90 Å². The fourth-order valence-corrected chi connectivity index (χ4v) is 2.36. The summed E-state index contributed by atoms with van der Waals surface area (Å²) in [5.41, 5.74) is 2.37. The second-order valence-corrected chi connectivity index (χ2v) is 4.89. The minimum Gasteiger partial charge on any atom is -0.353 e. The van der Waals surface area contributed by atoms with E-state index in [2.05, 4.69) is 11.4 Å². The van der Waals surface area contributed by atoms with E-state index in [0.717, 1.165) is 16.3 Å². The maximum atomic E-state index is 8.79. The highest BCUT2D eigenvalue weighted by molar-refractivity contribution is 7.98. The van der Waals surface area contributed by atoms with Gasteiger partial charge in [-0.2, -0.15) is 5.26 Å². The molecule has 2 nitrogen and oxygen atoms in total. The Morgan fingerprint density at radius 2 is 1.94 bits per heavy atom. The molecule has 2 aromatic rings. The third kappa shape index (κ3) is 2.79. The summed E-state index contributed by atoms with van der Waals surface area (Å²) in [4.78, 5) is 1.15. The van der Waals surface area contributed by atoms with Crippen LogP contribution < -0.4 is 5.32 Å². The average Bonchev–Trinajstić information content (AvgIpc) is 2.41. The van der Waals surface area contributed by atoms with Gasteiger partial charge in [-0.25, -0.2) is 0 Å². The summed E-state index contributed by atoms with van der Waals surface area (Å²) in [7, 11) is 0. The van der Waals surface area contributed by atoms with Crippen LogP contribution in [0.4, 0.5) is 11.4 Å². The van der Waals surface area contributed by atoms with E-state index in [9.17, 15) is 0 Å². The maximum Gasteiger partial charge on any atom is 0.0992 e. The first kappa shape index (κ1) is 12.8. The first-order valence-corrected chi connectivity index (χ1v) is 6.94. The number of nitriles is 1. The molecule has 0 saturated heterocycles. The van der Waals surface area contributed by atoms with Crippen LogP contribution in [-0.2, 0) is 0 Å². The summed E-state index contributed by atoms with van der Waals surface area (Å²) in [6, 6.07) is 15.3. The molecule has 0 aliphatic carbocycles. The van der Waals surface area contributed by atoms with Gasteiger partial charge >= 0.3 is 0 Å².